The first-order chi connectivity index (χ1) is 11.4. The van der Waals surface area contributed by atoms with E-state index in [0.717, 1.165) is 6.54 Å². The van der Waals surface area contributed by atoms with Gasteiger partial charge in [-0.3, -0.25) is 14.3 Å². The van der Waals surface area contributed by atoms with Crippen molar-refractivity contribution in [3.05, 3.63) is 18.0 Å². The number of likely N-dealkylation sites (tertiary alicyclic amines) is 2. The molecule has 0 aliphatic carbocycles. The molecule has 0 radical (unpaired) electrons. The van der Waals surface area contributed by atoms with Crippen molar-refractivity contribution >= 4 is 11.8 Å². The average Bonchev–Trinajstić information content (AvgIpc) is 3.25. The van der Waals surface area contributed by atoms with E-state index in [1.54, 1.807) is 21.8 Å². The van der Waals surface area contributed by atoms with Crippen molar-refractivity contribution in [1.82, 2.24) is 19.6 Å². The standard InChI is InChI=1S/C17H26N4O3/c1-4-21-6-5-14(18-21)16(24)20-8-13-7-19(15(23)12(2)3)9-17(13,10-20)11-22/h5-6,12-13,22H,4,7-11H2,1-3H3/t13-,17+/m1/s1. The van der Waals surface area contributed by atoms with Crippen molar-refractivity contribution in [1.29, 1.82) is 0 Å². The highest BCUT2D eigenvalue weighted by Gasteiger charge is 2.54. The fraction of sp³-hybridized carbons (Fsp3) is 0.706. The predicted octanol–water partition coefficient (Wildman–Crippen LogP) is 0.452. The van der Waals surface area contributed by atoms with E-state index in [-0.39, 0.29) is 30.3 Å². The maximum atomic E-state index is 12.7. The SMILES string of the molecule is CCn1ccc(C(=O)N2C[C@H]3CN(C(=O)C(C)C)C[C@@]3(CO)C2)n1. The van der Waals surface area contributed by atoms with Gasteiger partial charge in [0.05, 0.1) is 6.61 Å². The van der Waals surface area contributed by atoms with Gasteiger partial charge in [0.1, 0.15) is 5.69 Å². The van der Waals surface area contributed by atoms with E-state index < -0.39 is 5.41 Å². The number of hydrogen-bond donors (Lipinski definition) is 1. The van der Waals surface area contributed by atoms with Crippen LogP contribution < -0.4 is 0 Å². The number of aromatic nitrogens is 2. The molecule has 0 unspecified atom stereocenters. The van der Waals surface area contributed by atoms with Gasteiger partial charge < -0.3 is 14.9 Å². The molecule has 1 aromatic heterocycles. The Morgan fingerprint density at radius 3 is 2.54 bits per heavy atom. The third kappa shape index (κ3) is 2.70. The van der Waals surface area contributed by atoms with Crippen LogP contribution in [0.1, 0.15) is 31.3 Å². The number of carbonyl (C=O) groups is 2. The normalized spacial score (nSPS) is 26.3. The molecular weight excluding hydrogens is 308 g/mol. The summed E-state index contributed by atoms with van der Waals surface area (Å²) in [5.74, 6) is 0.112. The molecular formula is C17H26N4O3. The Balaban J connectivity index is 1.72. The minimum absolute atomic E-state index is 0.00722. The Morgan fingerprint density at radius 2 is 2.00 bits per heavy atom. The van der Waals surface area contributed by atoms with E-state index in [1.807, 2.05) is 25.7 Å². The van der Waals surface area contributed by atoms with E-state index in [0.29, 0.717) is 31.9 Å². The molecule has 0 bridgehead atoms. The molecule has 0 spiro atoms. The van der Waals surface area contributed by atoms with Gasteiger partial charge in [-0.15, -0.1) is 0 Å². The Kier molecular flexibility index (Phi) is 4.38. The number of amides is 2. The van der Waals surface area contributed by atoms with Gasteiger partial charge in [-0.1, -0.05) is 13.8 Å². The molecule has 2 aliphatic rings. The van der Waals surface area contributed by atoms with Crippen LogP contribution in [0.2, 0.25) is 0 Å². The minimum Gasteiger partial charge on any atom is -0.396 e. The largest absolute Gasteiger partial charge is 0.396 e. The van der Waals surface area contributed by atoms with Crippen LogP contribution in [0.4, 0.5) is 0 Å². The number of hydrogen-bond acceptors (Lipinski definition) is 4. The molecule has 1 N–H and O–H groups in total. The highest BCUT2D eigenvalue weighted by atomic mass is 16.3. The predicted molar refractivity (Wildman–Crippen MR) is 88.2 cm³/mol. The summed E-state index contributed by atoms with van der Waals surface area (Å²) in [6.07, 6.45) is 1.80. The van der Waals surface area contributed by atoms with Crippen molar-refractivity contribution in [3.63, 3.8) is 0 Å². The van der Waals surface area contributed by atoms with Gasteiger partial charge >= 0.3 is 0 Å². The van der Waals surface area contributed by atoms with Crippen LogP contribution in [0.5, 0.6) is 0 Å². The first-order valence-corrected chi connectivity index (χ1v) is 8.62. The first-order valence-electron chi connectivity index (χ1n) is 8.62. The molecule has 3 heterocycles. The minimum atomic E-state index is -0.395. The third-order valence-electron chi connectivity index (χ3n) is 5.35. The van der Waals surface area contributed by atoms with Gasteiger partial charge in [0.2, 0.25) is 5.91 Å². The van der Waals surface area contributed by atoms with Crippen LogP contribution in [0, 0.1) is 17.3 Å². The molecule has 2 fully saturated rings. The summed E-state index contributed by atoms with van der Waals surface area (Å²) in [6.45, 7) is 8.67. The molecule has 24 heavy (non-hydrogen) atoms. The van der Waals surface area contributed by atoms with Gasteiger partial charge in [-0.2, -0.15) is 5.10 Å². The van der Waals surface area contributed by atoms with Crippen molar-refractivity contribution < 1.29 is 14.7 Å². The van der Waals surface area contributed by atoms with Crippen molar-refractivity contribution in [3.8, 4) is 0 Å². The molecule has 7 heteroatoms. The smallest absolute Gasteiger partial charge is 0.274 e. The van der Waals surface area contributed by atoms with Crippen molar-refractivity contribution in [2.45, 2.75) is 27.3 Å². The Hall–Kier alpha value is -1.89. The Labute approximate surface area is 142 Å². The van der Waals surface area contributed by atoms with Crippen molar-refractivity contribution in [2.75, 3.05) is 32.8 Å². The van der Waals surface area contributed by atoms with Gasteiger partial charge in [-0.05, 0) is 13.0 Å². The number of aryl methyl sites for hydroxylation is 1. The van der Waals surface area contributed by atoms with Crippen LogP contribution in [-0.4, -0.2) is 69.3 Å². The number of fused-ring (bicyclic) bond motifs is 1. The lowest BCUT2D eigenvalue weighted by Crippen LogP contribution is -2.41. The van der Waals surface area contributed by atoms with Gasteiger partial charge in [0.25, 0.3) is 5.91 Å². The summed E-state index contributed by atoms with van der Waals surface area (Å²) in [7, 11) is 0. The highest BCUT2D eigenvalue weighted by molar-refractivity contribution is 5.92. The van der Waals surface area contributed by atoms with Gasteiger partial charge in [0, 0.05) is 56.2 Å². The topological polar surface area (TPSA) is 78.7 Å². The lowest BCUT2D eigenvalue weighted by Gasteiger charge is -2.27. The average molecular weight is 334 g/mol. The number of nitrogens with zero attached hydrogens (tertiary/aromatic N) is 4. The molecule has 3 rings (SSSR count). The molecule has 2 saturated heterocycles. The molecule has 0 saturated carbocycles. The van der Waals surface area contributed by atoms with E-state index in [9.17, 15) is 14.7 Å². The first kappa shape index (κ1) is 17.0. The fourth-order valence-electron chi connectivity index (χ4n) is 3.91. The molecule has 2 atom stereocenters. The molecule has 2 amide bonds. The fourth-order valence-corrected chi connectivity index (χ4v) is 3.91. The maximum Gasteiger partial charge on any atom is 0.274 e. The second-order valence-corrected chi connectivity index (χ2v) is 7.33. The molecule has 132 valence electrons. The summed E-state index contributed by atoms with van der Waals surface area (Å²) in [4.78, 5) is 28.6. The zero-order chi connectivity index (χ0) is 17.5. The van der Waals surface area contributed by atoms with E-state index >= 15 is 0 Å². The summed E-state index contributed by atoms with van der Waals surface area (Å²) in [5, 5.41) is 14.3. The number of carbonyl (C=O) groups excluding carboxylic acids is 2. The van der Waals surface area contributed by atoms with E-state index in [2.05, 4.69) is 5.10 Å². The third-order valence-corrected chi connectivity index (χ3v) is 5.35. The number of aliphatic hydroxyl groups is 1. The summed E-state index contributed by atoms with van der Waals surface area (Å²) in [5.41, 5.74) is 0.0492. The van der Waals surface area contributed by atoms with E-state index in [1.165, 1.54) is 0 Å². The lowest BCUT2D eigenvalue weighted by atomic mass is 9.82. The van der Waals surface area contributed by atoms with Gasteiger partial charge in [0.15, 0.2) is 0 Å². The lowest BCUT2D eigenvalue weighted by molar-refractivity contribution is -0.134. The van der Waals surface area contributed by atoms with E-state index in [4.69, 9.17) is 0 Å². The summed E-state index contributed by atoms with van der Waals surface area (Å²) >= 11 is 0. The van der Waals surface area contributed by atoms with Crippen LogP contribution >= 0.6 is 0 Å². The van der Waals surface area contributed by atoms with Crippen LogP contribution in [0.3, 0.4) is 0 Å². The zero-order valence-corrected chi connectivity index (χ0v) is 14.6. The zero-order valence-electron chi connectivity index (χ0n) is 14.6. The summed E-state index contributed by atoms with van der Waals surface area (Å²) in [6, 6.07) is 1.74. The Bertz CT molecular complexity index is 642. The number of rotatable bonds is 4. The van der Waals surface area contributed by atoms with Crippen LogP contribution in [-0.2, 0) is 11.3 Å². The Morgan fingerprint density at radius 1 is 1.33 bits per heavy atom. The quantitative estimate of drug-likeness (QED) is 0.867. The van der Waals surface area contributed by atoms with Crippen LogP contribution in [0.15, 0.2) is 12.3 Å². The summed E-state index contributed by atoms with van der Waals surface area (Å²) < 4.78 is 1.73. The molecule has 7 nitrogen and oxygen atoms in total. The highest BCUT2D eigenvalue weighted by Crippen LogP contribution is 2.42. The van der Waals surface area contributed by atoms with Gasteiger partial charge in [-0.25, -0.2) is 0 Å². The monoisotopic (exact) mass is 334 g/mol. The maximum absolute atomic E-state index is 12.7. The second kappa shape index (κ2) is 6.20. The van der Waals surface area contributed by atoms with Crippen LogP contribution in [0.25, 0.3) is 0 Å². The molecule has 1 aromatic rings. The number of aliphatic hydroxyl groups excluding tert-OH is 1. The molecule has 0 aromatic carbocycles. The second-order valence-electron chi connectivity index (χ2n) is 7.33. The van der Waals surface area contributed by atoms with Crippen molar-refractivity contribution in [2.24, 2.45) is 17.3 Å². The molecule has 2 aliphatic heterocycles.